The Balaban J connectivity index is 1.57. The van der Waals surface area contributed by atoms with E-state index in [4.69, 9.17) is 9.62 Å². The number of hydroxylamine groups is 1. The third-order valence-corrected chi connectivity index (χ3v) is 7.31. The van der Waals surface area contributed by atoms with E-state index < -0.39 is 21.5 Å². The van der Waals surface area contributed by atoms with Gasteiger partial charge in [-0.2, -0.15) is 0 Å². The molecule has 10 nitrogen and oxygen atoms in total. The second-order valence-electron chi connectivity index (χ2n) is 8.65. The second-order valence-corrected chi connectivity index (χ2v) is 10.3. The van der Waals surface area contributed by atoms with Crippen LogP contribution in [0.3, 0.4) is 0 Å². The van der Waals surface area contributed by atoms with Gasteiger partial charge >= 0.3 is 5.91 Å². The van der Waals surface area contributed by atoms with Gasteiger partial charge in [-0.25, -0.2) is 18.9 Å². The Labute approximate surface area is 191 Å². The molecular weight excluding hydrogens is 448 g/mol. The van der Waals surface area contributed by atoms with Crippen LogP contribution >= 0.6 is 0 Å². The van der Waals surface area contributed by atoms with E-state index in [2.05, 4.69) is 9.71 Å². The van der Waals surface area contributed by atoms with Crippen LogP contribution in [-0.2, 0) is 10.0 Å². The Bertz CT molecular complexity index is 1270. The molecule has 1 aromatic carbocycles. The Morgan fingerprint density at radius 3 is 2.61 bits per heavy atom. The number of anilines is 2. The molecule has 3 aromatic rings. The third-order valence-electron chi connectivity index (χ3n) is 5.95. The Hall–Kier alpha value is -3.15. The highest BCUT2D eigenvalue weighted by atomic mass is 32.2. The molecule has 1 saturated heterocycles. The normalized spacial score (nSPS) is 15.6. The van der Waals surface area contributed by atoms with Crippen molar-refractivity contribution in [3.63, 3.8) is 0 Å². The van der Waals surface area contributed by atoms with Crippen LogP contribution < -0.4 is 15.1 Å². The Morgan fingerprint density at radius 2 is 1.94 bits per heavy atom. The van der Waals surface area contributed by atoms with E-state index in [1.165, 1.54) is 29.7 Å². The summed E-state index contributed by atoms with van der Waals surface area (Å²) in [6, 6.07) is 8.95. The summed E-state index contributed by atoms with van der Waals surface area (Å²) in [4.78, 5) is 17.9. The molecule has 2 aromatic heterocycles. The van der Waals surface area contributed by atoms with Gasteiger partial charge in [-0.15, -0.1) is 0 Å². The van der Waals surface area contributed by atoms with Gasteiger partial charge in [-0.3, -0.25) is 14.7 Å². The summed E-state index contributed by atoms with van der Waals surface area (Å²) in [6.07, 6.45) is 3.15. The topological polar surface area (TPSA) is 145 Å². The van der Waals surface area contributed by atoms with Gasteiger partial charge in [0.1, 0.15) is 5.58 Å². The van der Waals surface area contributed by atoms with Gasteiger partial charge in [0.25, 0.3) is 10.0 Å². The molecule has 11 heteroatoms. The molecule has 0 unspecified atom stereocenters. The van der Waals surface area contributed by atoms with Gasteiger partial charge in [-0.05, 0) is 62.9 Å². The number of sulfonamides is 1. The zero-order valence-electron chi connectivity index (χ0n) is 18.3. The van der Waals surface area contributed by atoms with Crippen molar-refractivity contribution in [3.8, 4) is 0 Å². The van der Waals surface area contributed by atoms with Gasteiger partial charge in [-0.1, -0.05) is 0 Å². The van der Waals surface area contributed by atoms with Crippen molar-refractivity contribution < 1.29 is 27.9 Å². The van der Waals surface area contributed by atoms with Crippen LogP contribution in [0.1, 0.15) is 37.2 Å². The van der Waals surface area contributed by atoms with E-state index in [-0.39, 0.29) is 22.2 Å². The van der Waals surface area contributed by atoms with E-state index in [0.29, 0.717) is 30.0 Å². The summed E-state index contributed by atoms with van der Waals surface area (Å²) in [5, 5.41) is 19.6. The minimum atomic E-state index is -3.98. The first-order valence-corrected chi connectivity index (χ1v) is 12.0. The van der Waals surface area contributed by atoms with Crippen LogP contribution in [-0.4, -0.2) is 48.3 Å². The zero-order valence-corrected chi connectivity index (χ0v) is 19.1. The lowest BCUT2D eigenvalue weighted by Crippen LogP contribution is -2.42. The number of carbonyl (C=O) groups is 1. The molecule has 33 heavy (non-hydrogen) atoms. The standard InChI is InChI=1S/C22H26N4O6S/c1-22(2,28)15-7-10-26(11-8-15)20-17(4-3-9-23-20)25-33(30,31)16-6-5-14-12-19(21(27)24-29)32-18(14)13-16/h3-6,9,12-13,15,25,28-29H,7-8,10-11H2,1-2H3,(H,24,27). The SMILES string of the molecule is CC(C)(O)C1CCN(c2ncccc2NS(=O)(=O)c2ccc3cc(C(=O)NO)oc3c2)CC1. The van der Waals surface area contributed by atoms with E-state index in [1.807, 2.05) is 18.7 Å². The number of nitrogens with zero attached hydrogens (tertiary/aromatic N) is 2. The van der Waals surface area contributed by atoms with Gasteiger partial charge in [0.2, 0.25) is 0 Å². The summed E-state index contributed by atoms with van der Waals surface area (Å²) in [5.74, 6) is -0.284. The Kier molecular flexibility index (Phi) is 6.04. The number of aliphatic hydroxyl groups is 1. The van der Waals surface area contributed by atoms with Crippen molar-refractivity contribution in [2.75, 3.05) is 22.7 Å². The van der Waals surface area contributed by atoms with Crippen molar-refractivity contribution in [1.82, 2.24) is 10.5 Å². The van der Waals surface area contributed by atoms with Crippen LogP contribution in [0, 0.1) is 5.92 Å². The van der Waals surface area contributed by atoms with Gasteiger partial charge in [0, 0.05) is 30.7 Å². The lowest BCUT2D eigenvalue weighted by molar-refractivity contribution is 0.00647. The quantitative estimate of drug-likeness (QED) is 0.315. The average molecular weight is 475 g/mol. The smallest absolute Gasteiger partial charge is 0.310 e. The lowest BCUT2D eigenvalue weighted by Gasteiger charge is -2.38. The van der Waals surface area contributed by atoms with E-state index in [0.717, 1.165) is 12.8 Å². The molecule has 1 aliphatic rings. The van der Waals surface area contributed by atoms with E-state index in [9.17, 15) is 18.3 Å². The first kappa shape index (κ1) is 23.0. The number of hydrogen-bond donors (Lipinski definition) is 4. The largest absolute Gasteiger partial charge is 0.451 e. The average Bonchev–Trinajstić information content (AvgIpc) is 3.22. The molecule has 3 heterocycles. The van der Waals surface area contributed by atoms with E-state index >= 15 is 0 Å². The molecule has 0 radical (unpaired) electrons. The van der Waals surface area contributed by atoms with Crippen LogP contribution in [0.2, 0.25) is 0 Å². The van der Waals surface area contributed by atoms with Crippen molar-refractivity contribution in [3.05, 3.63) is 48.4 Å². The maximum Gasteiger partial charge on any atom is 0.310 e. The molecule has 176 valence electrons. The molecule has 0 bridgehead atoms. The van der Waals surface area contributed by atoms with Gasteiger partial charge < -0.3 is 14.4 Å². The van der Waals surface area contributed by atoms with Crippen LogP contribution in [0.25, 0.3) is 11.0 Å². The molecule has 4 rings (SSSR count). The van der Waals surface area contributed by atoms with Crippen molar-refractivity contribution in [1.29, 1.82) is 0 Å². The summed E-state index contributed by atoms with van der Waals surface area (Å²) in [7, 11) is -3.98. The lowest BCUT2D eigenvalue weighted by atomic mass is 9.83. The van der Waals surface area contributed by atoms with Crippen LogP contribution in [0.5, 0.6) is 0 Å². The van der Waals surface area contributed by atoms with Crippen LogP contribution in [0.4, 0.5) is 11.5 Å². The molecule has 0 saturated carbocycles. The van der Waals surface area contributed by atoms with Gasteiger partial charge in [0.05, 0.1) is 16.2 Å². The monoisotopic (exact) mass is 474 g/mol. The fourth-order valence-corrected chi connectivity index (χ4v) is 5.15. The van der Waals surface area contributed by atoms with E-state index in [1.54, 1.807) is 18.3 Å². The predicted molar refractivity (Wildman–Crippen MR) is 122 cm³/mol. The number of pyridine rings is 1. The highest BCUT2D eigenvalue weighted by Gasteiger charge is 2.32. The molecule has 1 amide bonds. The molecular formula is C22H26N4O6S. The minimum Gasteiger partial charge on any atom is -0.451 e. The molecule has 1 fully saturated rings. The maximum atomic E-state index is 13.1. The molecule has 1 aliphatic heterocycles. The number of piperidine rings is 1. The van der Waals surface area contributed by atoms with Crippen molar-refractivity contribution >= 4 is 38.4 Å². The number of furan rings is 1. The number of hydrogen-bond acceptors (Lipinski definition) is 8. The highest BCUT2D eigenvalue weighted by Crippen LogP contribution is 2.33. The number of rotatable bonds is 6. The van der Waals surface area contributed by atoms with Crippen LogP contribution in [0.15, 0.2) is 51.9 Å². The second kappa shape index (κ2) is 8.65. The molecule has 4 N–H and O–H groups in total. The summed E-state index contributed by atoms with van der Waals surface area (Å²) in [5.41, 5.74) is 1.26. The number of carbonyl (C=O) groups excluding carboxylic acids is 1. The third kappa shape index (κ3) is 4.80. The number of nitrogens with one attached hydrogen (secondary N) is 2. The molecule has 0 spiro atoms. The summed E-state index contributed by atoms with van der Waals surface area (Å²) >= 11 is 0. The first-order valence-electron chi connectivity index (χ1n) is 10.5. The number of fused-ring (bicyclic) bond motifs is 1. The number of aromatic nitrogens is 1. The van der Waals surface area contributed by atoms with Crippen molar-refractivity contribution in [2.45, 2.75) is 37.2 Å². The summed E-state index contributed by atoms with van der Waals surface area (Å²) in [6.45, 7) is 4.91. The predicted octanol–water partition coefficient (Wildman–Crippen LogP) is 2.73. The zero-order chi connectivity index (χ0) is 23.8. The number of benzene rings is 1. The number of amides is 1. The van der Waals surface area contributed by atoms with Crippen molar-refractivity contribution in [2.24, 2.45) is 5.92 Å². The molecule has 0 aliphatic carbocycles. The first-order chi connectivity index (χ1) is 15.6. The Morgan fingerprint density at radius 1 is 1.21 bits per heavy atom. The highest BCUT2D eigenvalue weighted by molar-refractivity contribution is 7.92. The van der Waals surface area contributed by atoms with Gasteiger partial charge in [0.15, 0.2) is 11.6 Å². The fourth-order valence-electron chi connectivity index (χ4n) is 4.08. The minimum absolute atomic E-state index is 0.0455. The molecule has 0 atom stereocenters. The fraction of sp³-hybridized carbons (Fsp3) is 0.364. The summed E-state index contributed by atoms with van der Waals surface area (Å²) < 4.78 is 34.2. The maximum absolute atomic E-state index is 13.1.